The van der Waals surface area contributed by atoms with Crippen molar-refractivity contribution in [2.24, 2.45) is 0 Å². The predicted molar refractivity (Wildman–Crippen MR) is 131 cm³/mol. The fourth-order valence-corrected chi connectivity index (χ4v) is 6.40. The Hall–Kier alpha value is -2.06. The molecule has 1 aromatic carbocycles. The molecule has 1 saturated heterocycles. The highest BCUT2D eigenvalue weighted by atomic mass is 32.2. The van der Waals surface area contributed by atoms with Crippen molar-refractivity contribution < 1.29 is 30.8 Å². The number of sulfonamides is 2. The Labute approximate surface area is 204 Å². The van der Waals surface area contributed by atoms with E-state index in [9.17, 15) is 21.6 Å². The lowest BCUT2D eigenvalue weighted by molar-refractivity contribution is -0.119. The second-order valence-electron chi connectivity index (χ2n) is 7.62. The molecule has 1 aromatic heterocycles. The van der Waals surface area contributed by atoms with Gasteiger partial charge in [0, 0.05) is 19.6 Å². The van der Waals surface area contributed by atoms with E-state index in [1.54, 1.807) is 18.0 Å². The summed E-state index contributed by atoms with van der Waals surface area (Å²) in [6.45, 7) is 1.21. The molecule has 0 saturated carbocycles. The van der Waals surface area contributed by atoms with Crippen molar-refractivity contribution in [3.63, 3.8) is 0 Å². The second kappa shape index (κ2) is 12.1. The zero-order valence-corrected chi connectivity index (χ0v) is 21.3. The van der Waals surface area contributed by atoms with Crippen LogP contribution < -0.4 is 9.62 Å². The van der Waals surface area contributed by atoms with Gasteiger partial charge in [0.05, 0.1) is 42.1 Å². The van der Waals surface area contributed by atoms with E-state index in [2.05, 4.69) is 5.32 Å². The summed E-state index contributed by atoms with van der Waals surface area (Å²) in [4.78, 5) is 12.4. The average Bonchev–Trinajstić information content (AvgIpc) is 3.33. The first-order valence-corrected chi connectivity index (χ1v) is 15.1. The molecule has 34 heavy (non-hydrogen) atoms. The van der Waals surface area contributed by atoms with E-state index < -0.39 is 32.5 Å². The summed E-state index contributed by atoms with van der Waals surface area (Å²) in [5.41, 5.74) is 0.215. The zero-order chi connectivity index (χ0) is 24.6. The topological polar surface area (TPSA) is 126 Å². The molecule has 1 aliphatic heterocycles. The van der Waals surface area contributed by atoms with Crippen LogP contribution in [0.5, 0.6) is 0 Å². The summed E-state index contributed by atoms with van der Waals surface area (Å²) < 4.78 is 62.9. The van der Waals surface area contributed by atoms with Crippen LogP contribution in [0.15, 0.2) is 52.0 Å². The molecule has 1 N–H and O–H groups in total. The lowest BCUT2D eigenvalue weighted by Crippen LogP contribution is -2.41. The van der Waals surface area contributed by atoms with Crippen LogP contribution in [0.4, 0.5) is 5.69 Å². The van der Waals surface area contributed by atoms with Crippen molar-refractivity contribution in [3.05, 3.63) is 48.4 Å². The molecule has 0 spiro atoms. The van der Waals surface area contributed by atoms with Gasteiger partial charge in [0.2, 0.25) is 26.0 Å². The van der Waals surface area contributed by atoms with Crippen molar-refractivity contribution in [1.29, 1.82) is 0 Å². The van der Waals surface area contributed by atoms with E-state index in [0.717, 1.165) is 34.2 Å². The summed E-state index contributed by atoms with van der Waals surface area (Å²) in [5.74, 6) is 2.02. The van der Waals surface area contributed by atoms with Crippen molar-refractivity contribution in [3.8, 4) is 0 Å². The highest BCUT2D eigenvalue weighted by Gasteiger charge is 2.27. The van der Waals surface area contributed by atoms with Gasteiger partial charge in [-0.1, -0.05) is 0 Å². The molecule has 0 radical (unpaired) electrons. The number of furan rings is 1. The minimum atomic E-state index is -3.76. The minimum absolute atomic E-state index is 0.0584. The molecule has 2 aromatic rings. The maximum atomic E-state index is 12.8. The lowest BCUT2D eigenvalue weighted by atomic mass is 10.3. The van der Waals surface area contributed by atoms with Gasteiger partial charge in [-0.25, -0.2) is 16.8 Å². The molecule has 0 atom stereocenters. The van der Waals surface area contributed by atoms with E-state index in [1.807, 2.05) is 12.1 Å². The van der Waals surface area contributed by atoms with Crippen LogP contribution >= 0.6 is 11.8 Å². The summed E-state index contributed by atoms with van der Waals surface area (Å²) in [6, 6.07) is 9.23. The summed E-state index contributed by atoms with van der Waals surface area (Å²) in [5, 5.41) is 2.73. The standard InChI is InChI=1S/C21H29N3O7S3/c1-33(26,27)24(16-21(25)22-9-3-15-32-17-19-4-2-12-31-19)18-5-7-20(8-6-18)34(28,29)23-10-13-30-14-11-23/h2,4-8,12H,3,9-11,13-17H2,1H3,(H,22,25). The van der Waals surface area contributed by atoms with Gasteiger partial charge < -0.3 is 14.5 Å². The molecule has 3 rings (SSSR count). The molecule has 1 amide bonds. The molecular weight excluding hydrogens is 502 g/mol. The van der Waals surface area contributed by atoms with E-state index in [4.69, 9.17) is 9.15 Å². The van der Waals surface area contributed by atoms with Crippen molar-refractivity contribution in [2.45, 2.75) is 17.1 Å². The number of nitrogens with one attached hydrogen (secondary N) is 1. The molecular formula is C21H29N3O7S3. The predicted octanol–water partition coefficient (Wildman–Crippen LogP) is 1.51. The molecule has 13 heteroatoms. The van der Waals surface area contributed by atoms with Crippen LogP contribution in [0.1, 0.15) is 12.2 Å². The molecule has 2 heterocycles. The molecule has 188 valence electrons. The Morgan fingerprint density at radius 2 is 1.82 bits per heavy atom. The number of hydrogen-bond donors (Lipinski definition) is 1. The fraction of sp³-hybridized carbons (Fsp3) is 0.476. The zero-order valence-electron chi connectivity index (χ0n) is 18.9. The number of ether oxygens (including phenoxy) is 1. The lowest BCUT2D eigenvalue weighted by Gasteiger charge is -2.26. The number of thioether (sulfide) groups is 1. The van der Waals surface area contributed by atoms with Gasteiger partial charge in [-0.15, -0.1) is 0 Å². The van der Waals surface area contributed by atoms with E-state index in [-0.39, 0.29) is 23.7 Å². The number of morpholine rings is 1. The van der Waals surface area contributed by atoms with Crippen LogP contribution in [-0.4, -0.2) is 78.4 Å². The molecule has 10 nitrogen and oxygen atoms in total. The maximum Gasteiger partial charge on any atom is 0.243 e. The highest BCUT2D eigenvalue weighted by molar-refractivity contribution is 7.98. The van der Waals surface area contributed by atoms with Gasteiger partial charge in [-0.2, -0.15) is 16.1 Å². The summed E-state index contributed by atoms with van der Waals surface area (Å²) >= 11 is 1.68. The fourth-order valence-electron chi connectivity index (χ4n) is 3.28. The number of hydrogen-bond acceptors (Lipinski definition) is 8. The van der Waals surface area contributed by atoms with Crippen LogP contribution in [0.25, 0.3) is 0 Å². The van der Waals surface area contributed by atoms with Crippen LogP contribution in [-0.2, 0) is 35.3 Å². The van der Waals surface area contributed by atoms with Gasteiger partial charge in [-0.05, 0) is 48.6 Å². The maximum absolute atomic E-state index is 12.8. The van der Waals surface area contributed by atoms with E-state index in [0.29, 0.717) is 19.8 Å². The summed E-state index contributed by atoms with van der Waals surface area (Å²) in [7, 11) is -7.46. The largest absolute Gasteiger partial charge is 0.468 e. The molecule has 1 aliphatic rings. The third-order valence-corrected chi connectivity index (χ3v) is 9.15. The Kier molecular flexibility index (Phi) is 9.42. The van der Waals surface area contributed by atoms with Gasteiger partial charge in [0.25, 0.3) is 0 Å². The van der Waals surface area contributed by atoms with E-state index >= 15 is 0 Å². The molecule has 0 unspecified atom stereocenters. The number of nitrogens with zero attached hydrogens (tertiary/aromatic N) is 2. The summed E-state index contributed by atoms with van der Waals surface area (Å²) in [6.07, 6.45) is 3.36. The normalized spacial score (nSPS) is 15.2. The van der Waals surface area contributed by atoms with E-state index in [1.165, 1.54) is 28.6 Å². The Balaban J connectivity index is 1.54. The monoisotopic (exact) mass is 531 g/mol. The highest BCUT2D eigenvalue weighted by Crippen LogP contribution is 2.23. The Bertz CT molecular complexity index is 1130. The number of amides is 1. The Morgan fingerprint density at radius 3 is 2.44 bits per heavy atom. The first-order valence-electron chi connectivity index (χ1n) is 10.7. The molecule has 0 bridgehead atoms. The van der Waals surface area contributed by atoms with Crippen molar-refractivity contribution in [2.75, 3.05) is 55.7 Å². The van der Waals surface area contributed by atoms with Gasteiger partial charge in [-0.3, -0.25) is 9.10 Å². The van der Waals surface area contributed by atoms with Gasteiger partial charge >= 0.3 is 0 Å². The second-order valence-corrected chi connectivity index (χ2v) is 12.6. The smallest absolute Gasteiger partial charge is 0.243 e. The van der Waals surface area contributed by atoms with Crippen LogP contribution in [0.3, 0.4) is 0 Å². The number of benzene rings is 1. The quantitative estimate of drug-likeness (QED) is 0.409. The average molecular weight is 532 g/mol. The van der Waals surface area contributed by atoms with Crippen molar-refractivity contribution >= 4 is 43.4 Å². The number of carbonyl (C=O) groups excluding carboxylic acids is 1. The molecule has 1 fully saturated rings. The SMILES string of the molecule is CS(=O)(=O)N(CC(=O)NCCCSCc1ccco1)c1ccc(S(=O)(=O)N2CCOCC2)cc1. The van der Waals surface area contributed by atoms with Gasteiger partial charge in [0.1, 0.15) is 12.3 Å². The van der Waals surface area contributed by atoms with Crippen LogP contribution in [0, 0.1) is 0 Å². The first kappa shape index (κ1) is 26.5. The number of rotatable bonds is 12. The van der Waals surface area contributed by atoms with Crippen LogP contribution in [0.2, 0.25) is 0 Å². The minimum Gasteiger partial charge on any atom is -0.468 e. The third kappa shape index (κ3) is 7.47. The molecule has 0 aliphatic carbocycles. The number of anilines is 1. The Morgan fingerprint density at radius 1 is 1.12 bits per heavy atom. The third-order valence-electron chi connectivity index (χ3n) is 5.03. The van der Waals surface area contributed by atoms with Gasteiger partial charge in [0.15, 0.2) is 0 Å². The van der Waals surface area contributed by atoms with Crippen molar-refractivity contribution in [1.82, 2.24) is 9.62 Å². The number of carbonyl (C=O) groups is 1. The first-order chi connectivity index (χ1) is 16.2.